The van der Waals surface area contributed by atoms with Crippen LogP contribution in [0.4, 0.5) is 0 Å². The van der Waals surface area contributed by atoms with Gasteiger partial charge in [-0.05, 0) is 73.9 Å². The maximum atomic E-state index is 12.7. The van der Waals surface area contributed by atoms with Crippen molar-refractivity contribution in [1.82, 2.24) is 0 Å². The van der Waals surface area contributed by atoms with Crippen LogP contribution >= 0.6 is 31.9 Å². The van der Waals surface area contributed by atoms with Gasteiger partial charge in [0.2, 0.25) is 6.10 Å². The average Bonchev–Trinajstić information content (AvgIpc) is 2.69. The highest BCUT2D eigenvalue weighted by Crippen LogP contribution is 2.53. The summed E-state index contributed by atoms with van der Waals surface area (Å²) >= 11 is 6.75. The maximum Gasteiger partial charge on any atom is 0.311 e. The molecule has 0 aliphatic heterocycles. The van der Waals surface area contributed by atoms with Crippen LogP contribution in [-0.2, 0) is 9.53 Å². The number of hydrogen-bond donors (Lipinski definition) is 0. The molecule has 4 nitrogen and oxygen atoms in total. The molecule has 2 aromatic carbocycles. The molecule has 3 atom stereocenters. The van der Waals surface area contributed by atoms with E-state index in [9.17, 15) is 10.1 Å². The van der Waals surface area contributed by atoms with Crippen molar-refractivity contribution in [3.8, 4) is 17.6 Å². The van der Waals surface area contributed by atoms with E-state index in [4.69, 9.17) is 9.47 Å². The van der Waals surface area contributed by atoms with Gasteiger partial charge in [0.05, 0.1) is 9.31 Å². The molecule has 1 saturated carbocycles. The predicted octanol–water partition coefficient (Wildman–Crippen LogP) is 6.88. The third-order valence-electron chi connectivity index (χ3n) is 5.45. The molecule has 2 aromatic rings. The fourth-order valence-corrected chi connectivity index (χ4v) is 4.17. The Kier molecular flexibility index (Phi) is 6.81. The van der Waals surface area contributed by atoms with Crippen LogP contribution in [0.25, 0.3) is 0 Å². The molecule has 150 valence electrons. The van der Waals surface area contributed by atoms with Crippen LogP contribution in [0.15, 0.2) is 64.1 Å². The summed E-state index contributed by atoms with van der Waals surface area (Å²) in [5, 5.41) is 9.59. The first-order valence-electron chi connectivity index (χ1n) is 9.27. The van der Waals surface area contributed by atoms with Crippen molar-refractivity contribution in [3.05, 3.63) is 69.6 Å². The summed E-state index contributed by atoms with van der Waals surface area (Å²) in [5.74, 6) is 0.954. The van der Waals surface area contributed by atoms with Crippen molar-refractivity contribution >= 4 is 37.8 Å². The SMILES string of the molecule is CC1(C)C(C=C(Br)Br)CC1C(=O)OC(C#N)c1cccc(Oc2ccccc2)c1. The Balaban J connectivity index is 1.69. The van der Waals surface area contributed by atoms with Crippen LogP contribution in [0.5, 0.6) is 11.5 Å². The van der Waals surface area contributed by atoms with E-state index < -0.39 is 6.10 Å². The van der Waals surface area contributed by atoms with E-state index in [1.807, 2.05) is 44.2 Å². The van der Waals surface area contributed by atoms with Crippen LogP contribution in [0.1, 0.15) is 31.9 Å². The molecule has 0 N–H and O–H groups in total. The minimum atomic E-state index is -0.977. The van der Waals surface area contributed by atoms with Crippen molar-refractivity contribution in [2.24, 2.45) is 17.3 Å². The van der Waals surface area contributed by atoms with Crippen molar-refractivity contribution in [1.29, 1.82) is 5.26 Å². The van der Waals surface area contributed by atoms with Gasteiger partial charge in [-0.25, -0.2) is 0 Å². The Morgan fingerprint density at radius 2 is 1.86 bits per heavy atom. The molecule has 6 heteroatoms. The number of carbonyl (C=O) groups is 1. The lowest BCUT2D eigenvalue weighted by Gasteiger charge is -2.49. The smallest absolute Gasteiger partial charge is 0.311 e. The number of rotatable bonds is 6. The largest absolute Gasteiger partial charge is 0.457 e. The highest BCUT2D eigenvalue weighted by Gasteiger charge is 2.52. The van der Waals surface area contributed by atoms with Gasteiger partial charge in [0, 0.05) is 5.56 Å². The summed E-state index contributed by atoms with van der Waals surface area (Å²) in [6.07, 6.45) is 1.77. The van der Waals surface area contributed by atoms with Gasteiger partial charge in [0.25, 0.3) is 0 Å². The second-order valence-electron chi connectivity index (χ2n) is 7.61. The number of halogens is 2. The van der Waals surface area contributed by atoms with E-state index in [0.29, 0.717) is 23.5 Å². The van der Waals surface area contributed by atoms with Gasteiger partial charge in [-0.1, -0.05) is 50.3 Å². The second-order valence-corrected chi connectivity index (χ2v) is 10.4. The van der Waals surface area contributed by atoms with E-state index in [2.05, 4.69) is 44.0 Å². The van der Waals surface area contributed by atoms with Crippen LogP contribution < -0.4 is 4.74 Å². The van der Waals surface area contributed by atoms with E-state index in [0.717, 1.165) is 3.39 Å². The molecule has 1 fully saturated rings. The molecule has 0 heterocycles. The molecule has 0 radical (unpaired) electrons. The van der Waals surface area contributed by atoms with E-state index in [1.54, 1.807) is 24.3 Å². The average molecular weight is 519 g/mol. The number of nitriles is 1. The lowest BCUT2D eigenvalue weighted by Crippen LogP contribution is -2.48. The second kappa shape index (κ2) is 9.15. The lowest BCUT2D eigenvalue weighted by atomic mass is 9.55. The minimum absolute atomic E-state index is 0.234. The molecule has 0 amide bonds. The summed E-state index contributed by atoms with van der Waals surface area (Å²) in [4.78, 5) is 12.7. The van der Waals surface area contributed by atoms with E-state index >= 15 is 0 Å². The topological polar surface area (TPSA) is 59.3 Å². The van der Waals surface area contributed by atoms with Gasteiger partial charge < -0.3 is 9.47 Å². The number of para-hydroxylation sites is 1. The molecular formula is C23H21Br2NO3. The monoisotopic (exact) mass is 517 g/mol. The first-order chi connectivity index (χ1) is 13.8. The van der Waals surface area contributed by atoms with Gasteiger partial charge in [-0.2, -0.15) is 5.26 Å². The Labute approximate surface area is 187 Å². The molecular weight excluding hydrogens is 498 g/mol. The minimum Gasteiger partial charge on any atom is -0.457 e. The zero-order chi connectivity index (χ0) is 21.0. The highest BCUT2D eigenvalue weighted by molar-refractivity contribution is 9.28. The fourth-order valence-electron chi connectivity index (χ4n) is 3.53. The molecule has 1 aliphatic rings. The Morgan fingerprint density at radius 3 is 2.48 bits per heavy atom. The highest BCUT2D eigenvalue weighted by atomic mass is 79.9. The van der Waals surface area contributed by atoms with Gasteiger partial charge >= 0.3 is 5.97 Å². The zero-order valence-electron chi connectivity index (χ0n) is 16.1. The molecule has 29 heavy (non-hydrogen) atoms. The Morgan fingerprint density at radius 1 is 1.17 bits per heavy atom. The summed E-state index contributed by atoms with van der Waals surface area (Å²) < 4.78 is 12.3. The molecule has 3 rings (SSSR count). The third-order valence-corrected chi connectivity index (χ3v) is 5.97. The van der Waals surface area contributed by atoms with Crippen LogP contribution in [-0.4, -0.2) is 5.97 Å². The number of nitrogens with zero attached hydrogens (tertiary/aromatic N) is 1. The van der Waals surface area contributed by atoms with Crippen molar-refractivity contribution in [2.45, 2.75) is 26.4 Å². The van der Waals surface area contributed by atoms with Crippen LogP contribution in [0.3, 0.4) is 0 Å². The summed E-state index contributed by atoms with van der Waals surface area (Å²) in [7, 11) is 0. The predicted molar refractivity (Wildman–Crippen MR) is 119 cm³/mol. The Hall–Kier alpha value is -2.10. The molecule has 1 aliphatic carbocycles. The fraction of sp³-hybridized carbons (Fsp3) is 0.304. The summed E-state index contributed by atoms with van der Waals surface area (Å²) in [5.41, 5.74) is 0.355. The normalized spacial score (nSPS) is 20.5. The first-order valence-corrected chi connectivity index (χ1v) is 10.9. The molecule has 0 bridgehead atoms. The standard InChI is InChI=1S/C23H21Br2NO3/c1-23(2)16(13-21(24)25)12-19(23)22(27)29-20(14-26)15-7-6-10-18(11-15)28-17-8-4-3-5-9-17/h3-11,13,16,19-20H,12H2,1-2H3. The van der Waals surface area contributed by atoms with Crippen molar-refractivity contribution in [2.75, 3.05) is 0 Å². The summed E-state index contributed by atoms with van der Waals surface area (Å²) in [6, 6.07) is 18.5. The molecule has 3 unspecified atom stereocenters. The van der Waals surface area contributed by atoms with Crippen molar-refractivity contribution < 1.29 is 14.3 Å². The number of hydrogen-bond acceptors (Lipinski definition) is 4. The van der Waals surface area contributed by atoms with Crippen LogP contribution in [0.2, 0.25) is 0 Å². The van der Waals surface area contributed by atoms with Crippen molar-refractivity contribution in [3.63, 3.8) is 0 Å². The first kappa shape index (κ1) is 21.6. The van der Waals surface area contributed by atoms with Gasteiger partial charge in [0.15, 0.2) is 0 Å². The molecule has 0 saturated heterocycles. The molecule has 0 aromatic heterocycles. The Bertz CT molecular complexity index is 946. The number of allylic oxidation sites excluding steroid dienone is 1. The summed E-state index contributed by atoms with van der Waals surface area (Å²) in [6.45, 7) is 4.09. The van der Waals surface area contributed by atoms with Gasteiger partial charge in [0.1, 0.15) is 17.6 Å². The number of benzene rings is 2. The molecule has 0 spiro atoms. The number of esters is 1. The zero-order valence-corrected chi connectivity index (χ0v) is 19.3. The number of ether oxygens (including phenoxy) is 2. The van der Waals surface area contributed by atoms with E-state index in [1.165, 1.54) is 0 Å². The van der Waals surface area contributed by atoms with E-state index in [-0.39, 0.29) is 23.2 Å². The number of carbonyl (C=O) groups excluding carboxylic acids is 1. The lowest BCUT2D eigenvalue weighted by molar-refractivity contribution is -0.166. The van der Waals surface area contributed by atoms with Crippen LogP contribution in [0, 0.1) is 28.6 Å². The third kappa shape index (κ3) is 5.09. The van der Waals surface area contributed by atoms with Gasteiger partial charge in [-0.3, -0.25) is 4.79 Å². The maximum absolute atomic E-state index is 12.7. The quantitative estimate of drug-likeness (QED) is 0.391. The van der Waals surface area contributed by atoms with Gasteiger partial charge in [-0.15, -0.1) is 0 Å².